The predicted octanol–water partition coefficient (Wildman–Crippen LogP) is 4.57. The van der Waals surface area contributed by atoms with Gasteiger partial charge in [-0.1, -0.05) is 41.9 Å². The number of benzene rings is 3. The van der Waals surface area contributed by atoms with Crippen molar-refractivity contribution in [1.82, 2.24) is 0 Å². The molecule has 0 saturated heterocycles. The van der Waals surface area contributed by atoms with E-state index >= 15 is 0 Å². The summed E-state index contributed by atoms with van der Waals surface area (Å²) >= 11 is 5.87. The Labute approximate surface area is 183 Å². The number of rotatable bonds is 5. The maximum atomic E-state index is 12.8. The van der Waals surface area contributed by atoms with Crippen LogP contribution in [0.2, 0.25) is 5.02 Å². The maximum Gasteiger partial charge on any atom is 0.338 e. The SMILES string of the molecule is C[C@H](OC(=O)c1ccc2c(c1)C(=O)N(c1ccc(Cl)cc1)C2=O)C(=O)c1ccccc1. The zero-order valence-electron chi connectivity index (χ0n) is 16.4. The molecule has 1 aliphatic heterocycles. The number of halogens is 1. The lowest BCUT2D eigenvalue weighted by atomic mass is 10.1. The first-order valence-electron chi connectivity index (χ1n) is 9.45. The van der Waals surface area contributed by atoms with Crippen molar-refractivity contribution in [3.8, 4) is 0 Å². The van der Waals surface area contributed by atoms with Gasteiger partial charge in [-0.05, 0) is 49.4 Å². The Morgan fingerprint density at radius 1 is 0.839 bits per heavy atom. The van der Waals surface area contributed by atoms with Crippen LogP contribution in [0.25, 0.3) is 0 Å². The van der Waals surface area contributed by atoms with E-state index in [9.17, 15) is 19.2 Å². The van der Waals surface area contributed by atoms with Crippen molar-refractivity contribution in [3.05, 3.63) is 100 Å². The first-order valence-corrected chi connectivity index (χ1v) is 9.83. The standard InChI is InChI=1S/C24H16ClNO5/c1-14(21(27)15-5-3-2-4-6-15)31-24(30)16-7-12-19-20(13-16)23(29)26(22(19)28)18-10-8-17(25)9-11-18/h2-14H,1H3/t14-/m0/s1. The van der Waals surface area contributed by atoms with Gasteiger partial charge in [0.25, 0.3) is 11.8 Å². The largest absolute Gasteiger partial charge is 0.451 e. The highest BCUT2D eigenvalue weighted by Crippen LogP contribution is 2.30. The van der Waals surface area contributed by atoms with Crippen LogP contribution >= 0.6 is 11.6 Å². The molecule has 1 atom stereocenters. The Hall–Kier alpha value is -3.77. The summed E-state index contributed by atoms with van der Waals surface area (Å²) in [5.74, 6) is -2.14. The number of anilines is 1. The summed E-state index contributed by atoms with van der Waals surface area (Å²) in [4.78, 5) is 51.6. The molecule has 0 N–H and O–H groups in total. The van der Waals surface area contributed by atoms with Gasteiger partial charge in [-0.3, -0.25) is 14.4 Å². The first-order chi connectivity index (χ1) is 14.9. The average Bonchev–Trinajstić information content (AvgIpc) is 3.04. The van der Waals surface area contributed by atoms with E-state index in [2.05, 4.69) is 0 Å². The van der Waals surface area contributed by atoms with E-state index in [-0.39, 0.29) is 22.5 Å². The van der Waals surface area contributed by atoms with E-state index < -0.39 is 23.9 Å². The first kappa shape index (κ1) is 20.5. The zero-order chi connectivity index (χ0) is 22.1. The molecule has 1 aliphatic rings. The van der Waals surface area contributed by atoms with E-state index in [1.807, 2.05) is 0 Å². The van der Waals surface area contributed by atoms with Gasteiger partial charge < -0.3 is 4.74 Å². The number of carbonyl (C=O) groups is 4. The van der Waals surface area contributed by atoms with E-state index in [1.165, 1.54) is 25.1 Å². The van der Waals surface area contributed by atoms with Gasteiger partial charge in [-0.2, -0.15) is 0 Å². The van der Waals surface area contributed by atoms with Crippen molar-refractivity contribution >= 4 is 40.9 Å². The third-order valence-corrected chi connectivity index (χ3v) is 5.17. The minimum Gasteiger partial charge on any atom is -0.451 e. The smallest absolute Gasteiger partial charge is 0.338 e. The highest BCUT2D eigenvalue weighted by Gasteiger charge is 2.37. The fourth-order valence-corrected chi connectivity index (χ4v) is 3.44. The summed E-state index contributed by atoms with van der Waals surface area (Å²) in [6, 6.07) is 18.9. The van der Waals surface area contributed by atoms with Crippen LogP contribution in [0.5, 0.6) is 0 Å². The Morgan fingerprint density at radius 3 is 2.16 bits per heavy atom. The average molecular weight is 434 g/mol. The fourth-order valence-electron chi connectivity index (χ4n) is 3.31. The number of hydrogen-bond acceptors (Lipinski definition) is 5. The summed E-state index contributed by atoms with van der Waals surface area (Å²) in [5, 5.41) is 0.476. The van der Waals surface area contributed by atoms with Crippen LogP contribution < -0.4 is 4.90 Å². The number of ether oxygens (including phenoxy) is 1. The van der Waals surface area contributed by atoms with Gasteiger partial charge >= 0.3 is 5.97 Å². The molecule has 0 aliphatic carbocycles. The van der Waals surface area contributed by atoms with E-state index in [4.69, 9.17) is 16.3 Å². The highest BCUT2D eigenvalue weighted by atomic mass is 35.5. The van der Waals surface area contributed by atoms with Crippen molar-refractivity contribution in [2.24, 2.45) is 0 Å². The number of imide groups is 1. The normalized spacial score (nSPS) is 13.7. The molecule has 7 heteroatoms. The Kier molecular flexibility index (Phi) is 5.40. The van der Waals surface area contributed by atoms with Gasteiger partial charge in [-0.15, -0.1) is 0 Å². The second kappa shape index (κ2) is 8.16. The minimum atomic E-state index is -1.01. The summed E-state index contributed by atoms with van der Waals surface area (Å²) in [7, 11) is 0. The Balaban J connectivity index is 1.55. The number of carbonyl (C=O) groups excluding carboxylic acids is 4. The summed E-state index contributed by atoms with van der Waals surface area (Å²) in [5.41, 5.74) is 1.16. The monoisotopic (exact) mass is 433 g/mol. The van der Waals surface area contributed by atoms with Crippen molar-refractivity contribution in [2.45, 2.75) is 13.0 Å². The number of esters is 1. The third kappa shape index (κ3) is 3.85. The molecule has 0 aromatic heterocycles. The molecule has 0 fully saturated rings. The third-order valence-electron chi connectivity index (χ3n) is 4.92. The van der Waals surface area contributed by atoms with Crippen molar-refractivity contribution in [1.29, 1.82) is 0 Å². The molecule has 2 amide bonds. The Morgan fingerprint density at radius 2 is 1.48 bits per heavy atom. The van der Waals surface area contributed by atoms with Crippen molar-refractivity contribution < 1.29 is 23.9 Å². The fraction of sp³-hybridized carbons (Fsp3) is 0.0833. The Bertz CT molecular complexity index is 1200. The van der Waals surface area contributed by atoms with Crippen LogP contribution in [-0.2, 0) is 4.74 Å². The maximum absolute atomic E-state index is 12.8. The molecule has 3 aromatic rings. The molecule has 154 valence electrons. The number of fused-ring (bicyclic) bond motifs is 1. The molecular formula is C24H16ClNO5. The molecule has 0 unspecified atom stereocenters. The molecule has 6 nitrogen and oxygen atoms in total. The molecule has 1 heterocycles. The number of amides is 2. The van der Waals surface area contributed by atoms with Crippen LogP contribution in [0.1, 0.15) is 48.4 Å². The molecule has 0 radical (unpaired) electrons. The second-order valence-corrected chi connectivity index (χ2v) is 7.40. The number of nitrogens with zero attached hydrogens (tertiary/aromatic N) is 1. The summed E-state index contributed by atoms with van der Waals surface area (Å²) in [6.45, 7) is 1.48. The molecular weight excluding hydrogens is 418 g/mol. The van der Waals surface area contributed by atoms with E-state index in [0.29, 0.717) is 16.3 Å². The van der Waals surface area contributed by atoms with Crippen LogP contribution in [0.3, 0.4) is 0 Å². The number of hydrogen-bond donors (Lipinski definition) is 0. The van der Waals surface area contributed by atoms with Gasteiger partial charge in [0.15, 0.2) is 6.10 Å². The molecule has 0 bridgehead atoms. The van der Waals surface area contributed by atoms with Crippen LogP contribution in [0.4, 0.5) is 5.69 Å². The number of ketones is 1. The molecule has 3 aromatic carbocycles. The summed E-state index contributed by atoms with van der Waals surface area (Å²) in [6.07, 6.45) is -1.01. The van der Waals surface area contributed by atoms with Crippen molar-refractivity contribution in [2.75, 3.05) is 4.90 Å². The van der Waals surface area contributed by atoms with Crippen LogP contribution in [0, 0.1) is 0 Å². The van der Waals surface area contributed by atoms with E-state index in [0.717, 1.165) is 4.90 Å². The van der Waals surface area contributed by atoms with Gasteiger partial charge in [0.1, 0.15) is 0 Å². The molecule has 0 spiro atoms. The van der Waals surface area contributed by atoms with Crippen molar-refractivity contribution in [3.63, 3.8) is 0 Å². The van der Waals surface area contributed by atoms with Crippen LogP contribution in [-0.4, -0.2) is 29.7 Å². The lowest BCUT2D eigenvalue weighted by Crippen LogP contribution is -2.29. The predicted molar refractivity (Wildman–Crippen MR) is 115 cm³/mol. The van der Waals surface area contributed by atoms with Gasteiger partial charge in [0, 0.05) is 10.6 Å². The lowest BCUT2D eigenvalue weighted by Gasteiger charge is -2.13. The lowest BCUT2D eigenvalue weighted by molar-refractivity contribution is 0.0318. The molecule has 4 rings (SSSR count). The van der Waals surface area contributed by atoms with Gasteiger partial charge in [0.05, 0.1) is 22.4 Å². The topological polar surface area (TPSA) is 80.8 Å². The highest BCUT2D eigenvalue weighted by molar-refractivity contribution is 6.35. The number of Topliss-reactive ketones (excluding diaryl/α,β-unsaturated/α-hetero) is 1. The minimum absolute atomic E-state index is 0.0746. The van der Waals surface area contributed by atoms with Gasteiger partial charge in [-0.25, -0.2) is 9.69 Å². The van der Waals surface area contributed by atoms with Gasteiger partial charge in [0.2, 0.25) is 5.78 Å². The van der Waals surface area contributed by atoms with E-state index in [1.54, 1.807) is 54.6 Å². The quantitative estimate of drug-likeness (QED) is 0.334. The zero-order valence-corrected chi connectivity index (χ0v) is 17.1. The second-order valence-electron chi connectivity index (χ2n) is 6.96. The summed E-state index contributed by atoms with van der Waals surface area (Å²) < 4.78 is 5.29. The molecule has 31 heavy (non-hydrogen) atoms. The van der Waals surface area contributed by atoms with Crippen LogP contribution in [0.15, 0.2) is 72.8 Å². The molecule has 0 saturated carbocycles.